The normalized spacial score (nSPS) is 24.0. The van der Waals surface area contributed by atoms with Crippen molar-refractivity contribution in [1.82, 2.24) is 15.1 Å². The van der Waals surface area contributed by atoms with E-state index in [-0.39, 0.29) is 17.5 Å². The molecule has 0 saturated heterocycles. The van der Waals surface area contributed by atoms with Crippen LogP contribution in [0.15, 0.2) is 28.4 Å². The molecule has 1 amide bonds. The number of amides is 1. The Morgan fingerprint density at radius 2 is 2.09 bits per heavy atom. The van der Waals surface area contributed by atoms with Crippen molar-refractivity contribution in [3.8, 4) is 6.07 Å². The Hall–Kier alpha value is -2.69. The van der Waals surface area contributed by atoms with Gasteiger partial charge >= 0.3 is 5.97 Å². The van der Waals surface area contributed by atoms with Gasteiger partial charge in [-0.15, -0.1) is 0 Å². The van der Waals surface area contributed by atoms with Crippen LogP contribution in [0.4, 0.5) is 0 Å². The minimum Gasteiger partial charge on any atom is -0.478 e. The van der Waals surface area contributed by atoms with Gasteiger partial charge < -0.3 is 30.5 Å². The Balaban J connectivity index is 1.88. The summed E-state index contributed by atoms with van der Waals surface area (Å²) in [5.41, 5.74) is 0.409. The fraction of sp³-hybridized carbons (Fsp3) is 0.455. The highest BCUT2D eigenvalue weighted by atomic mass is 79.9. The number of aliphatic hydroxyl groups is 3. The number of carbonyl (C=O) groups excluding carboxylic acids is 1. The van der Waals surface area contributed by atoms with Gasteiger partial charge in [0.2, 0.25) is 11.7 Å². The van der Waals surface area contributed by atoms with Crippen molar-refractivity contribution in [2.75, 3.05) is 6.61 Å². The van der Waals surface area contributed by atoms with Gasteiger partial charge in [0.1, 0.15) is 30.1 Å². The number of carboxylic acids is 1. The largest absolute Gasteiger partial charge is 0.478 e. The fourth-order valence-electron chi connectivity index (χ4n) is 4.21. The summed E-state index contributed by atoms with van der Waals surface area (Å²) in [5.74, 6) is -2.63. The van der Waals surface area contributed by atoms with Crippen LogP contribution in [0.3, 0.4) is 0 Å². The number of aliphatic hydroxyl groups excluding tert-OH is 3. The first-order chi connectivity index (χ1) is 16.7. The molecule has 2 heterocycles. The fourth-order valence-corrected chi connectivity index (χ4v) is 4.71. The van der Waals surface area contributed by atoms with Gasteiger partial charge in [0, 0.05) is 15.8 Å². The van der Waals surface area contributed by atoms with Gasteiger partial charge in [0.25, 0.3) is 0 Å². The SMILES string of the molecule is N#Cc1c2cc(Br)c(Cl)cc2nn1[C@H]1C=C(C(=O)O)O[C@@H]([C@H](O)[C@H](O)CO)[C@@H]1NC(=O)C1CCC1. The van der Waals surface area contributed by atoms with Gasteiger partial charge in [0.05, 0.1) is 29.2 Å². The molecule has 0 spiro atoms. The maximum atomic E-state index is 12.9. The number of benzene rings is 1. The molecule has 0 unspecified atom stereocenters. The predicted octanol–water partition coefficient (Wildman–Crippen LogP) is 1.23. The highest BCUT2D eigenvalue weighted by molar-refractivity contribution is 9.10. The lowest BCUT2D eigenvalue weighted by Crippen LogP contribution is -2.59. The zero-order chi connectivity index (χ0) is 25.4. The number of hydrogen-bond donors (Lipinski definition) is 5. The minimum absolute atomic E-state index is 0.0593. The quantitative estimate of drug-likeness (QED) is 0.328. The highest BCUT2D eigenvalue weighted by Gasteiger charge is 2.46. The molecule has 2 aliphatic rings. The Morgan fingerprint density at radius 3 is 2.66 bits per heavy atom. The third-order valence-electron chi connectivity index (χ3n) is 6.35. The van der Waals surface area contributed by atoms with Crippen molar-refractivity contribution in [1.29, 1.82) is 5.26 Å². The molecule has 1 aromatic heterocycles. The Bertz CT molecular complexity index is 1240. The van der Waals surface area contributed by atoms with Crippen molar-refractivity contribution in [3.05, 3.63) is 39.2 Å². The van der Waals surface area contributed by atoms with Crippen LogP contribution in [0.5, 0.6) is 0 Å². The second-order valence-electron chi connectivity index (χ2n) is 8.50. The number of fused-ring (bicyclic) bond motifs is 1. The predicted molar refractivity (Wildman–Crippen MR) is 125 cm³/mol. The van der Waals surface area contributed by atoms with E-state index in [4.69, 9.17) is 16.3 Å². The van der Waals surface area contributed by atoms with Crippen molar-refractivity contribution < 1.29 is 34.8 Å². The lowest BCUT2D eigenvalue weighted by atomic mass is 9.83. The van der Waals surface area contributed by atoms with E-state index in [2.05, 4.69) is 32.4 Å². The summed E-state index contributed by atoms with van der Waals surface area (Å²) in [6.45, 7) is -0.831. The topological polar surface area (TPSA) is 178 Å². The van der Waals surface area contributed by atoms with Crippen molar-refractivity contribution in [2.45, 2.75) is 49.7 Å². The molecule has 4 rings (SSSR count). The summed E-state index contributed by atoms with van der Waals surface area (Å²) < 4.78 is 7.25. The number of rotatable bonds is 7. The molecule has 1 aliphatic carbocycles. The van der Waals surface area contributed by atoms with Crippen LogP contribution in [-0.2, 0) is 14.3 Å². The number of halogens is 2. The zero-order valence-electron chi connectivity index (χ0n) is 18.1. The van der Waals surface area contributed by atoms with E-state index in [1.165, 1.54) is 16.8 Å². The third-order valence-corrected chi connectivity index (χ3v) is 7.54. The number of hydrogen-bond acceptors (Lipinski definition) is 8. The monoisotopic (exact) mass is 568 g/mol. The number of nitrogens with one attached hydrogen (secondary N) is 1. The summed E-state index contributed by atoms with van der Waals surface area (Å²) in [5, 5.41) is 57.8. The molecule has 35 heavy (non-hydrogen) atoms. The summed E-state index contributed by atoms with van der Waals surface area (Å²) in [6.07, 6.45) is -1.50. The second-order valence-corrected chi connectivity index (χ2v) is 9.76. The third kappa shape index (κ3) is 4.74. The molecule has 2 aromatic rings. The van der Waals surface area contributed by atoms with Crippen molar-refractivity contribution in [3.63, 3.8) is 0 Å². The first-order valence-electron chi connectivity index (χ1n) is 10.8. The number of nitriles is 1. The smallest absolute Gasteiger partial charge is 0.370 e. The number of carbonyl (C=O) groups is 2. The average molecular weight is 570 g/mol. The zero-order valence-corrected chi connectivity index (χ0v) is 20.5. The van der Waals surface area contributed by atoms with E-state index in [9.17, 15) is 35.3 Å². The standard InChI is InChI=1S/C22H22BrClN4O7/c23-11-4-10-13(5-12(11)24)27-28(15(10)7-25)14-6-17(22(33)34)35-20(19(31)16(30)8-29)18(14)26-21(32)9-2-1-3-9/h4-6,9,14,16,18-20,29-31H,1-3,8H2,(H,26,32)(H,33,34)/t14-,16+,18+,19+,20+/m0/s1. The van der Waals surface area contributed by atoms with Crippen molar-refractivity contribution >= 4 is 50.3 Å². The molecule has 1 fully saturated rings. The average Bonchev–Trinajstić information content (AvgIpc) is 3.13. The molecule has 1 aliphatic heterocycles. The van der Waals surface area contributed by atoms with E-state index < -0.39 is 48.7 Å². The molecule has 0 radical (unpaired) electrons. The van der Waals surface area contributed by atoms with Crippen LogP contribution in [-0.4, -0.2) is 73.0 Å². The highest BCUT2D eigenvalue weighted by Crippen LogP contribution is 2.36. The summed E-state index contributed by atoms with van der Waals surface area (Å²) in [6, 6.07) is 2.96. The van der Waals surface area contributed by atoms with E-state index in [0.29, 0.717) is 33.2 Å². The minimum atomic E-state index is -1.77. The Labute approximate surface area is 212 Å². The van der Waals surface area contributed by atoms with Crippen LogP contribution < -0.4 is 5.32 Å². The molecule has 5 N–H and O–H groups in total. The Morgan fingerprint density at radius 1 is 1.37 bits per heavy atom. The van der Waals surface area contributed by atoms with Crippen LogP contribution in [0.2, 0.25) is 5.02 Å². The maximum Gasteiger partial charge on any atom is 0.370 e. The van der Waals surface area contributed by atoms with E-state index in [1.807, 2.05) is 0 Å². The molecular formula is C22H22BrClN4O7. The van der Waals surface area contributed by atoms with Gasteiger partial charge in [0.15, 0.2) is 0 Å². The van der Waals surface area contributed by atoms with E-state index >= 15 is 0 Å². The summed E-state index contributed by atoms with van der Waals surface area (Å²) in [7, 11) is 0. The molecule has 13 heteroatoms. The summed E-state index contributed by atoms with van der Waals surface area (Å²) in [4.78, 5) is 24.7. The van der Waals surface area contributed by atoms with Crippen LogP contribution in [0, 0.1) is 17.2 Å². The number of ether oxygens (including phenoxy) is 1. The van der Waals surface area contributed by atoms with Crippen LogP contribution in [0.1, 0.15) is 31.0 Å². The molecule has 11 nitrogen and oxygen atoms in total. The number of nitrogens with zero attached hydrogens (tertiary/aromatic N) is 3. The first-order valence-corrected chi connectivity index (χ1v) is 12.0. The van der Waals surface area contributed by atoms with Crippen LogP contribution in [0.25, 0.3) is 10.9 Å². The molecular weight excluding hydrogens is 548 g/mol. The molecule has 0 bridgehead atoms. The lowest BCUT2D eigenvalue weighted by Gasteiger charge is -2.41. The van der Waals surface area contributed by atoms with E-state index in [0.717, 1.165) is 6.42 Å². The molecule has 1 aromatic carbocycles. The van der Waals surface area contributed by atoms with Gasteiger partial charge in [-0.05, 0) is 47.0 Å². The number of aromatic nitrogens is 2. The van der Waals surface area contributed by atoms with Gasteiger partial charge in [-0.1, -0.05) is 18.0 Å². The first kappa shape index (κ1) is 25.4. The molecule has 5 atom stereocenters. The van der Waals surface area contributed by atoms with Gasteiger partial charge in [-0.2, -0.15) is 10.4 Å². The summed E-state index contributed by atoms with van der Waals surface area (Å²) >= 11 is 9.49. The number of carboxylic acid groups (broad SMARTS) is 1. The van der Waals surface area contributed by atoms with Gasteiger partial charge in [-0.25, -0.2) is 9.48 Å². The number of aliphatic carboxylic acids is 1. The molecule has 1 saturated carbocycles. The van der Waals surface area contributed by atoms with Crippen LogP contribution >= 0.6 is 27.5 Å². The second kappa shape index (κ2) is 10.1. The lowest BCUT2D eigenvalue weighted by molar-refractivity contribution is -0.147. The Kier molecular flexibility index (Phi) is 7.35. The van der Waals surface area contributed by atoms with Crippen molar-refractivity contribution in [2.24, 2.45) is 5.92 Å². The van der Waals surface area contributed by atoms with E-state index in [1.54, 1.807) is 6.07 Å². The van der Waals surface area contributed by atoms with Gasteiger partial charge in [-0.3, -0.25) is 4.79 Å². The maximum absolute atomic E-state index is 12.9. The molecule has 186 valence electrons.